The fourth-order valence-corrected chi connectivity index (χ4v) is 6.38. The van der Waals surface area contributed by atoms with Crippen molar-refractivity contribution in [2.45, 2.75) is 36.8 Å². The third-order valence-corrected chi connectivity index (χ3v) is 8.54. The molecule has 1 amide bonds. The summed E-state index contributed by atoms with van der Waals surface area (Å²) in [4.78, 5) is 12.5. The largest absolute Gasteiger partial charge is 0.341 e. The normalized spacial score (nSPS) is 16.5. The zero-order valence-electron chi connectivity index (χ0n) is 15.7. The summed E-state index contributed by atoms with van der Waals surface area (Å²) >= 11 is 0. The molecule has 1 heterocycles. The van der Waals surface area contributed by atoms with E-state index in [4.69, 9.17) is 0 Å². The summed E-state index contributed by atoms with van der Waals surface area (Å²) in [7, 11) is -7.79. The standard InChI is InChI=1S/C17H24F2N2O5S2/c1-12(2)11-27(23,24)13-6-8-21(9-7-13)16(22)10-20-28(25,26)17-14(18)4-3-5-15(17)19/h3-5,12-13,20H,6-11H2,1-2H3. The van der Waals surface area contributed by atoms with E-state index in [1.54, 1.807) is 0 Å². The van der Waals surface area contributed by atoms with Crippen molar-refractivity contribution in [3.63, 3.8) is 0 Å². The van der Waals surface area contributed by atoms with Crippen LogP contribution in [-0.4, -0.2) is 58.3 Å². The first-order chi connectivity index (χ1) is 12.9. The van der Waals surface area contributed by atoms with Crippen LogP contribution >= 0.6 is 0 Å². The maximum atomic E-state index is 13.7. The smallest absolute Gasteiger partial charge is 0.246 e. The molecule has 0 radical (unpaired) electrons. The Morgan fingerprint density at radius 2 is 1.68 bits per heavy atom. The Labute approximate surface area is 164 Å². The highest BCUT2D eigenvalue weighted by Crippen LogP contribution is 2.21. The number of nitrogens with one attached hydrogen (secondary N) is 1. The number of hydrogen-bond acceptors (Lipinski definition) is 5. The van der Waals surface area contributed by atoms with Gasteiger partial charge in [0.15, 0.2) is 14.7 Å². The van der Waals surface area contributed by atoms with Gasteiger partial charge in [-0.05, 0) is 30.9 Å². The predicted octanol–water partition coefficient (Wildman–Crippen LogP) is 1.30. The van der Waals surface area contributed by atoms with E-state index < -0.39 is 54.1 Å². The number of sulfone groups is 1. The van der Waals surface area contributed by atoms with Crippen LogP contribution in [0.1, 0.15) is 26.7 Å². The number of piperidine rings is 1. The van der Waals surface area contributed by atoms with E-state index in [0.29, 0.717) is 0 Å². The quantitative estimate of drug-likeness (QED) is 0.692. The van der Waals surface area contributed by atoms with Gasteiger partial charge in [0.25, 0.3) is 0 Å². The second-order valence-corrected chi connectivity index (χ2v) is 11.2. The molecular formula is C17H24F2N2O5S2. The zero-order valence-corrected chi connectivity index (χ0v) is 17.3. The van der Waals surface area contributed by atoms with Gasteiger partial charge in [-0.1, -0.05) is 19.9 Å². The summed E-state index contributed by atoms with van der Waals surface area (Å²) in [5, 5.41) is -0.525. The van der Waals surface area contributed by atoms with Gasteiger partial charge in [0.1, 0.15) is 11.6 Å². The van der Waals surface area contributed by atoms with Crippen LogP contribution in [0.4, 0.5) is 8.78 Å². The number of nitrogens with zero attached hydrogens (tertiary/aromatic N) is 1. The number of hydrogen-bond donors (Lipinski definition) is 1. The van der Waals surface area contributed by atoms with E-state index >= 15 is 0 Å². The van der Waals surface area contributed by atoms with E-state index in [1.807, 2.05) is 18.6 Å². The Morgan fingerprint density at radius 1 is 1.14 bits per heavy atom. The summed E-state index contributed by atoms with van der Waals surface area (Å²) < 4.78 is 78.0. The maximum absolute atomic E-state index is 13.7. The molecule has 1 saturated heterocycles. The van der Waals surface area contributed by atoms with Gasteiger partial charge in [-0.25, -0.2) is 30.3 Å². The van der Waals surface area contributed by atoms with E-state index in [1.165, 1.54) is 4.90 Å². The van der Waals surface area contributed by atoms with Gasteiger partial charge in [-0.15, -0.1) is 0 Å². The molecule has 0 bridgehead atoms. The third-order valence-electron chi connectivity index (χ3n) is 4.47. The Hall–Kier alpha value is -1.59. The zero-order chi connectivity index (χ0) is 21.1. The SMILES string of the molecule is CC(C)CS(=O)(=O)C1CCN(C(=O)CNS(=O)(=O)c2c(F)cccc2F)CC1. The molecule has 1 aliphatic rings. The lowest BCUT2D eigenvalue weighted by atomic mass is 10.1. The van der Waals surface area contributed by atoms with Crippen LogP contribution in [0.25, 0.3) is 0 Å². The number of likely N-dealkylation sites (tertiary alicyclic amines) is 1. The van der Waals surface area contributed by atoms with Crippen LogP contribution in [0.2, 0.25) is 0 Å². The van der Waals surface area contributed by atoms with Gasteiger partial charge in [-0.3, -0.25) is 4.79 Å². The highest BCUT2D eigenvalue weighted by molar-refractivity contribution is 7.92. The lowest BCUT2D eigenvalue weighted by molar-refractivity contribution is -0.130. The van der Waals surface area contributed by atoms with Crippen molar-refractivity contribution < 1.29 is 30.4 Å². The molecule has 0 atom stereocenters. The molecule has 11 heteroatoms. The minimum atomic E-state index is -4.55. The van der Waals surface area contributed by atoms with Gasteiger partial charge in [0, 0.05) is 13.1 Å². The number of carbonyl (C=O) groups is 1. The van der Waals surface area contributed by atoms with Crippen LogP contribution < -0.4 is 4.72 Å². The molecule has 0 unspecified atom stereocenters. The van der Waals surface area contributed by atoms with Gasteiger partial charge in [-0.2, -0.15) is 0 Å². The first-order valence-corrected chi connectivity index (χ1v) is 12.1. The number of halogens is 2. The molecule has 0 spiro atoms. The number of sulfonamides is 1. The summed E-state index contributed by atoms with van der Waals surface area (Å²) in [6.45, 7) is 3.33. The average Bonchev–Trinajstić information content (AvgIpc) is 2.58. The third kappa shape index (κ3) is 5.48. The van der Waals surface area contributed by atoms with Crippen LogP contribution in [0.15, 0.2) is 23.1 Å². The van der Waals surface area contributed by atoms with Crippen LogP contribution in [0.3, 0.4) is 0 Å². The highest BCUT2D eigenvalue weighted by atomic mass is 32.2. The molecule has 28 heavy (non-hydrogen) atoms. The van der Waals surface area contributed by atoms with E-state index in [9.17, 15) is 30.4 Å². The van der Waals surface area contributed by atoms with Crippen molar-refractivity contribution in [1.29, 1.82) is 0 Å². The Bertz CT molecular complexity index is 905. The van der Waals surface area contributed by atoms with Crippen molar-refractivity contribution >= 4 is 25.8 Å². The molecule has 1 aromatic carbocycles. The molecule has 2 rings (SSSR count). The van der Waals surface area contributed by atoms with Gasteiger partial charge >= 0.3 is 0 Å². The molecule has 0 aromatic heterocycles. The predicted molar refractivity (Wildman–Crippen MR) is 99.8 cm³/mol. The van der Waals surface area contributed by atoms with Crippen molar-refractivity contribution in [3.05, 3.63) is 29.8 Å². The fourth-order valence-electron chi connectivity index (χ4n) is 3.14. The average molecular weight is 439 g/mol. The van der Waals surface area contributed by atoms with Gasteiger partial charge in [0.05, 0.1) is 17.5 Å². The summed E-state index contributed by atoms with van der Waals surface area (Å²) in [5.74, 6) is -3.00. The van der Waals surface area contributed by atoms with Gasteiger partial charge < -0.3 is 4.90 Å². The number of benzene rings is 1. The van der Waals surface area contributed by atoms with Crippen molar-refractivity contribution in [3.8, 4) is 0 Å². The lowest BCUT2D eigenvalue weighted by Crippen LogP contribution is -2.47. The van der Waals surface area contributed by atoms with Crippen molar-refractivity contribution in [2.75, 3.05) is 25.4 Å². The summed E-state index contributed by atoms with van der Waals surface area (Å²) in [6, 6.07) is 2.65. The van der Waals surface area contributed by atoms with Crippen molar-refractivity contribution in [1.82, 2.24) is 9.62 Å². The van der Waals surface area contributed by atoms with E-state index in [2.05, 4.69) is 0 Å². The Balaban J connectivity index is 1.95. The second kappa shape index (κ2) is 8.83. The molecule has 1 aliphatic heterocycles. The molecule has 7 nitrogen and oxygen atoms in total. The van der Waals surface area contributed by atoms with E-state index in [0.717, 1.165) is 18.2 Å². The first kappa shape index (κ1) is 22.7. The molecule has 0 saturated carbocycles. The topological polar surface area (TPSA) is 101 Å². The minimum absolute atomic E-state index is 0.0119. The molecule has 1 fully saturated rings. The number of amides is 1. The van der Waals surface area contributed by atoms with Crippen LogP contribution in [0.5, 0.6) is 0 Å². The highest BCUT2D eigenvalue weighted by Gasteiger charge is 2.32. The molecular weight excluding hydrogens is 414 g/mol. The Kier molecular flexibility index (Phi) is 7.16. The van der Waals surface area contributed by atoms with E-state index in [-0.39, 0.29) is 37.6 Å². The fraction of sp³-hybridized carbons (Fsp3) is 0.588. The molecule has 1 N–H and O–H groups in total. The second-order valence-electron chi connectivity index (χ2n) is 7.18. The Morgan fingerprint density at radius 3 is 2.18 bits per heavy atom. The first-order valence-electron chi connectivity index (χ1n) is 8.87. The minimum Gasteiger partial charge on any atom is -0.341 e. The molecule has 0 aliphatic carbocycles. The molecule has 1 aromatic rings. The van der Waals surface area contributed by atoms with Crippen LogP contribution in [0, 0.1) is 17.6 Å². The van der Waals surface area contributed by atoms with Gasteiger partial charge in [0.2, 0.25) is 15.9 Å². The summed E-state index contributed by atoms with van der Waals surface area (Å²) in [6.07, 6.45) is 0.547. The monoisotopic (exact) mass is 438 g/mol. The lowest BCUT2D eigenvalue weighted by Gasteiger charge is -2.32. The number of carbonyl (C=O) groups excluding carboxylic acids is 1. The van der Waals surface area contributed by atoms with Crippen LogP contribution in [-0.2, 0) is 24.7 Å². The number of rotatable bonds is 7. The molecule has 158 valence electrons. The maximum Gasteiger partial charge on any atom is 0.246 e. The summed E-state index contributed by atoms with van der Waals surface area (Å²) in [5.41, 5.74) is 0. The van der Waals surface area contributed by atoms with Crippen molar-refractivity contribution in [2.24, 2.45) is 5.92 Å².